The number of rotatable bonds is 6. The summed E-state index contributed by atoms with van der Waals surface area (Å²) in [5, 5.41) is 6.32. The van der Waals surface area contributed by atoms with E-state index >= 15 is 0 Å². The topological polar surface area (TPSA) is 84.1 Å². The molecule has 0 aliphatic carbocycles. The second-order valence-electron chi connectivity index (χ2n) is 4.19. The lowest BCUT2D eigenvalue weighted by atomic mass is 10.3. The van der Waals surface area contributed by atoms with Crippen LogP contribution in [0.25, 0.3) is 0 Å². The Morgan fingerprint density at radius 2 is 2.00 bits per heavy atom. The summed E-state index contributed by atoms with van der Waals surface area (Å²) >= 11 is 0. The quantitative estimate of drug-likeness (QED) is 0.855. The molecule has 2 aromatic rings. The SMILES string of the molecule is Cc1[nH]ncc1NS(=O)(=O)c1ccc(OCC(F)F)cc1. The molecular formula is C12H13F2N3O3S. The van der Waals surface area contributed by atoms with E-state index in [4.69, 9.17) is 4.74 Å². The van der Waals surface area contributed by atoms with Gasteiger partial charge in [0.1, 0.15) is 12.4 Å². The maximum atomic E-state index is 12.1. The van der Waals surface area contributed by atoms with Crippen LogP contribution in [-0.4, -0.2) is 31.6 Å². The summed E-state index contributed by atoms with van der Waals surface area (Å²) in [7, 11) is -3.77. The van der Waals surface area contributed by atoms with Crippen LogP contribution in [0.15, 0.2) is 35.4 Å². The normalized spacial score (nSPS) is 11.6. The molecule has 2 rings (SSSR count). The highest BCUT2D eigenvalue weighted by Gasteiger charge is 2.16. The fraction of sp³-hybridized carbons (Fsp3) is 0.250. The number of nitrogens with zero attached hydrogens (tertiary/aromatic N) is 1. The summed E-state index contributed by atoms with van der Waals surface area (Å²) in [6, 6.07) is 5.19. The van der Waals surface area contributed by atoms with Gasteiger partial charge >= 0.3 is 0 Å². The number of alkyl halides is 2. The van der Waals surface area contributed by atoms with Gasteiger partial charge in [0.25, 0.3) is 16.4 Å². The Balaban J connectivity index is 2.12. The number of aromatic amines is 1. The van der Waals surface area contributed by atoms with E-state index in [2.05, 4.69) is 14.9 Å². The zero-order chi connectivity index (χ0) is 15.5. The number of ether oxygens (including phenoxy) is 1. The van der Waals surface area contributed by atoms with Gasteiger partial charge in [-0.3, -0.25) is 9.82 Å². The molecule has 0 saturated carbocycles. The van der Waals surface area contributed by atoms with Gasteiger partial charge in [-0.2, -0.15) is 5.10 Å². The third-order valence-electron chi connectivity index (χ3n) is 2.58. The molecule has 0 spiro atoms. The van der Waals surface area contributed by atoms with Crippen LogP contribution in [0.4, 0.5) is 14.5 Å². The first-order valence-electron chi connectivity index (χ1n) is 5.92. The zero-order valence-corrected chi connectivity index (χ0v) is 11.8. The highest BCUT2D eigenvalue weighted by Crippen LogP contribution is 2.20. The zero-order valence-electron chi connectivity index (χ0n) is 11.0. The minimum absolute atomic E-state index is 0.00695. The molecule has 2 N–H and O–H groups in total. The maximum absolute atomic E-state index is 12.1. The summed E-state index contributed by atoms with van der Waals surface area (Å²) in [5.74, 6) is 0.175. The number of nitrogens with one attached hydrogen (secondary N) is 2. The van der Waals surface area contributed by atoms with Gasteiger partial charge in [-0.25, -0.2) is 17.2 Å². The number of hydrogen-bond donors (Lipinski definition) is 2. The van der Waals surface area contributed by atoms with Gasteiger partial charge in [0.2, 0.25) is 0 Å². The number of benzene rings is 1. The van der Waals surface area contributed by atoms with Gasteiger partial charge in [-0.15, -0.1) is 0 Å². The number of anilines is 1. The van der Waals surface area contributed by atoms with Crippen molar-refractivity contribution < 1.29 is 21.9 Å². The molecular weight excluding hydrogens is 304 g/mol. The lowest BCUT2D eigenvalue weighted by Gasteiger charge is -2.09. The first kappa shape index (κ1) is 15.2. The lowest BCUT2D eigenvalue weighted by molar-refractivity contribution is 0.0819. The highest BCUT2D eigenvalue weighted by molar-refractivity contribution is 7.92. The van der Waals surface area contributed by atoms with Gasteiger partial charge in [0.15, 0.2) is 0 Å². The first-order valence-corrected chi connectivity index (χ1v) is 7.40. The Labute approximate surface area is 120 Å². The molecule has 0 aliphatic heterocycles. The van der Waals surface area contributed by atoms with E-state index in [-0.39, 0.29) is 10.6 Å². The Bertz CT molecular complexity index is 699. The molecule has 0 unspecified atom stereocenters. The minimum Gasteiger partial charge on any atom is -0.488 e. The summed E-state index contributed by atoms with van der Waals surface area (Å²) in [5.41, 5.74) is 0.920. The number of aromatic nitrogens is 2. The molecule has 1 aromatic heterocycles. The van der Waals surface area contributed by atoms with Crippen molar-refractivity contribution in [1.29, 1.82) is 0 Å². The molecule has 1 aromatic carbocycles. The van der Waals surface area contributed by atoms with Crippen LogP contribution >= 0.6 is 0 Å². The lowest BCUT2D eigenvalue weighted by Crippen LogP contribution is -2.13. The molecule has 0 atom stereocenters. The number of halogens is 2. The van der Waals surface area contributed by atoms with Crippen molar-refractivity contribution >= 4 is 15.7 Å². The predicted molar refractivity (Wildman–Crippen MR) is 72.1 cm³/mol. The number of sulfonamides is 1. The highest BCUT2D eigenvalue weighted by atomic mass is 32.2. The van der Waals surface area contributed by atoms with Crippen molar-refractivity contribution in [1.82, 2.24) is 10.2 Å². The van der Waals surface area contributed by atoms with E-state index in [1.807, 2.05) is 0 Å². The van der Waals surface area contributed by atoms with E-state index in [1.165, 1.54) is 30.5 Å². The van der Waals surface area contributed by atoms with Crippen molar-refractivity contribution in [2.24, 2.45) is 0 Å². The van der Waals surface area contributed by atoms with Gasteiger partial charge < -0.3 is 4.74 Å². The van der Waals surface area contributed by atoms with Gasteiger partial charge in [0, 0.05) is 0 Å². The monoisotopic (exact) mass is 317 g/mol. The second-order valence-corrected chi connectivity index (χ2v) is 5.87. The Morgan fingerprint density at radius 3 is 2.52 bits per heavy atom. The summed E-state index contributed by atoms with van der Waals surface area (Å²) in [6.45, 7) is 0.935. The van der Waals surface area contributed by atoms with Crippen LogP contribution in [0.3, 0.4) is 0 Å². The molecule has 1 heterocycles. The van der Waals surface area contributed by atoms with Gasteiger partial charge in [-0.05, 0) is 31.2 Å². The summed E-state index contributed by atoms with van der Waals surface area (Å²) < 4.78 is 55.4. The van der Waals surface area contributed by atoms with Crippen LogP contribution in [-0.2, 0) is 10.0 Å². The molecule has 6 nitrogen and oxygen atoms in total. The maximum Gasteiger partial charge on any atom is 0.272 e. The third kappa shape index (κ3) is 3.91. The number of hydrogen-bond acceptors (Lipinski definition) is 4. The van der Waals surface area contributed by atoms with Gasteiger partial charge in [0.05, 0.1) is 22.5 Å². The first-order chi connectivity index (χ1) is 9.88. The van der Waals surface area contributed by atoms with Crippen molar-refractivity contribution in [2.45, 2.75) is 18.2 Å². The number of aryl methyl sites for hydroxylation is 1. The Morgan fingerprint density at radius 1 is 1.33 bits per heavy atom. The summed E-state index contributed by atoms with van der Waals surface area (Å²) in [6.07, 6.45) is -1.23. The standard InChI is InChI=1S/C12H13F2N3O3S/c1-8-11(6-15-16-8)17-21(18,19)10-4-2-9(3-5-10)20-7-12(13)14/h2-6,12,17H,7H2,1H3,(H,15,16). The van der Waals surface area contributed by atoms with Crippen molar-refractivity contribution in [3.8, 4) is 5.75 Å². The van der Waals surface area contributed by atoms with Crippen molar-refractivity contribution in [3.63, 3.8) is 0 Å². The van der Waals surface area contributed by atoms with Crippen LogP contribution in [0.2, 0.25) is 0 Å². The fourth-order valence-electron chi connectivity index (χ4n) is 1.53. The van der Waals surface area contributed by atoms with E-state index in [9.17, 15) is 17.2 Å². The second kappa shape index (κ2) is 6.08. The van der Waals surface area contributed by atoms with Crippen LogP contribution < -0.4 is 9.46 Å². The molecule has 0 saturated heterocycles. The molecule has 0 bridgehead atoms. The van der Waals surface area contributed by atoms with Crippen LogP contribution in [0, 0.1) is 6.92 Å². The van der Waals surface area contributed by atoms with Crippen LogP contribution in [0.1, 0.15) is 5.69 Å². The van der Waals surface area contributed by atoms with Crippen molar-refractivity contribution in [3.05, 3.63) is 36.2 Å². The average molecular weight is 317 g/mol. The summed E-state index contributed by atoms with van der Waals surface area (Å²) in [4.78, 5) is -0.00695. The molecule has 9 heteroatoms. The Kier molecular flexibility index (Phi) is 4.41. The third-order valence-corrected chi connectivity index (χ3v) is 3.97. The minimum atomic E-state index is -3.77. The van der Waals surface area contributed by atoms with Gasteiger partial charge in [-0.1, -0.05) is 0 Å². The van der Waals surface area contributed by atoms with Crippen LogP contribution in [0.5, 0.6) is 5.75 Å². The smallest absolute Gasteiger partial charge is 0.272 e. The van der Waals surface area contributed by atoms with E-state index in [1.54, 1.807) is 6.92 Å². The molecule has 21 heavy (non-hydrogen) atoms. The molecule has 114 valence electrons. The average Bonchev–Trinajstić information content (AvgIpc) is 2.82. The van der Waals surface area contributed by atoms with Crippen molar-refractivity contribution in [2.75, 3.05) is 11.3 Å². The number of H-pyrrole nitrogens is 1. The van der Waals surface area contributed by atoms with E-state index in [0.717, 1.165) is 0 Å². The molecule has 0 aliphatic rings. The fourth-order valence-corrected chi connectivity index (χ4v) is 2.64. The largest absolute Gasteiger partial charge is 0.488 e. The van der Waals surface area contributed by atoms with E-state index < -0.39 is 23.1 Å². The Hall–Kier alpha value is -2.16. The molecule has 0 amide bonds. The molecule has 0 fully saturated rings. The molecule has 0 radical (unpaired) electrons. The van der Waals surface area contributed by atoms with E-state index in [0.29, 0.717) is 11.4 Å². The predicted octanol–water partition coefficient (Wildman–Crippen LogP) is 2.16.